The number of rotatable bonds is 4. The largest absolute Gasteiger partial charge is 0.325 e. The monoisotopic (exact) mass is 388 g/mol. The van der Waals surface area contributed by atoms with E-state index in [9.17, 15) is 17.6 Å². The summed E-state index contributed by atoms with van der Waals surface area (Å²) in [4.78, 5) is 12.9. The van der Waals surface area contributed by atoms with Gasteiger partial charge >= 0.3 is 0 Å². The lowest BCUT2D eigenvalue weighted by atomic mass is 9.94. The van der Waals surface area contributed by atoms with Crippen molar-refractivity contribution in [3.05, 3.63) is 59.4 Å². The van der Waals surface area contributed by atoms with Gasteiger partial charge in [0.05, 0.1) is 16.9 Å². The van der Waals surface area contributed by atoms with Gasteiger partial charge in [0, 0.05) is 17.8 Å². The number of carbonyl (C=O) groups excluding carboxylic acids is 1. The van der Waals surface area contributed by atoms with Crippen LogP contribution in [0, 0.1) is 12.7 Å². The summed E-state index contributed by atoms with van der Waals surface area (Å²) in [6.45, 7) is 2.29. The van der Waals surface area contributed by atoms with Crippen LogP contribution in [0.5, 0.6) is 0 Å². The molecule has 1 aliphatic heterocycles. The molecule has 4 rings (SSSR count). The number of hydrogen-bond donors (Lipinski definition) is 1. The molecule has 1 aliphatic carbocycles. The van der Waals surface area contributed by atoms with E-state index in [1.54, 1.807) is 36.4 Å². The maximum Gasteiger partial charge on any atom is 0.235 e. The molecule has 27 heavy (non-hydrogen) atoms. The minimum atomic E-state index is -3.30. The molecule has 142 valence electrons. The summed E-state index contributed by atoms with van der Waals surface area (Å²) in [7, 11) is -3.30. The number of benzene rings is 2. The maximum atomic E-state index is 14.2. The van der Waals surface area contributed by atoms with Crippen LogP contribution in [0.1, 0.15) is 30.4 Å². The highest BCUT2D eigenvalue weighted by molar-refractivity contribution is 7.93. The lowest BCUT2D eigenvalue weighted by Crippen LogP contribution is -2.29. The van der Waals surface area contributed by atoms with Crippen LogP contribution in [0.25, 0.3) is 0 Å². The van der Waals surface area contributed by atoms with E-state index >= 15 is 0 Å². The van der Waals surface area contributed by atoms with E-state index in [0.717, 1.165) is 5.56 Å². The summed E-state index contributed by atoms with van der Waals surface area (Å²) < 4.78 is 40.1. The maximum absolute atomic E-state index is 14.2. The van der Waals surface area contributed by atoms with Gasteiger partial charge in [-0.1, -0.05) is 24.3 Å². The summed E-state index contributed by atoms with van der Waals surface area (Å²) in [5.74, 6) is -0.496. The smallest absolute Gasteiger partial charge is 0.235 e. The van der Waals surface area contributed by atoms with Gasteiger partial charge < -0.3 is 5.32 Å². The molecule has 2 aliphatic rings. The fourth-order valence-corrected chi connectivity index (χ4v) is 5.33. The van der Waals surface area contributed by atoms with Gasteiger partial charge in [0.1, 0.15) is 5.82 Å². The quantitative estimate of drug-likeness (QED) is 0.874. The Morgan fingerprint density at radius 3 is 2.56 bits per heavy atom. The zero-order valence-corrected chi connectivity index (χ0v) is 15.9. The van der Waals surface area contributed by atoms with Crippen molar-refractivity contribution in [2.75, 3.05) is 21.9 Å². The Balaban J connectivity index is 1.61. The van der Waals surface area contributed by atoms with Crippen LogP contribution >= 0.6 is 0 Å². The van der Waals surface area contributed by atoms with Crippen molar-refractivity contribution in [1.82, 2.24) is 0 Å². The van der Waals surface area contributed by atoms with Crippen LogP contribution in [0.2, 0.25) is 0 Å². The Bertz CT molecular complexity index is 1020. The van der Waals surface area contributed by atoms with Crippen LogP contribution in [-0.4, -0.2) is 26.6 Å². The van der Waals surface area contributed by atoms with Crippen molar-refractivity contribution >= 4 is 27.3 Å². The van der Waals surface area contributed by atoms with Gasteiger partial charge in [0.2, 0.25) is 15.9 Å². The van der Waals surface area contributed by atoms with Crippen LogP contribution in [-0.2, 0) is 20.2 Å². The summed E-state index contributed by atoms with van der Waals surface area (Å²) in [6, 6.07) is 11.6. The molecule has 0 aromatic heterocycles. The van der Waals surface area contributed by atoms with Gasteiger partial charge in [0.25, 0.3) is 0 Å². The molecule has 7 heteroatoms. The standard InChI is InChI=1S/C20H21FN2O3S/c1-14-7-8-15(13-18(14)23-11-4-12-27(23,25)26)22-19(24)20(9-10-20)16-5-2-3-6-17(16)21/h2-3,5-8,13H,4,9-12H2,1H3,(H,22,24). The Morgan fingerprint density at radius 2 is 1.93 bits per heavy atom. The van der Waals surface area contributed by atoms with Crippen LogP contribution in [0.4, 0.5) is 15.8 Å². The molecular formula is C20H21FN2O3S. The van der Waals surface area contributed by atoms with E-state index in [1.165, 1.54) is 10.4 Å². The second kappa shape index (κ2) is 6.34. The molecular weight excluding hydrogens is 367 g/mol. The molecule has 0 bridgehead atoms. The minimum absolute atomic E-state index is 0.138. The van der Waals surface area contributed by atoms with E-state index in [0.29, 0.717) is 42.7 Å². The minimum Gasteiger partial charge on any atom is -0.325 e. The fourth-order valence-electron chi connectivity index (χ4n) is 3.71. The number of nitrogens with one attached hydrogen (secondary N) is 1. The number of hydrogen-bond acceptors (Lipinski definition) is 3. The van der Waals surface area contributed by atoms with Crippen LogP contribution in [0.15, 0.2) is 42.5 Å². The molecule has 1 saturated carbocycles. The highest BCUT2D eigenvalue weighted by atomic mass is 32.2. The van der Waals surface area contributed by atoms with E-state index < -0.39 is 15.4 Å². The molecule has 2 fully saturated rings. The first-order valence-electron chi connectivity index (χ1n) is 9.01. The molecule has 1 saturated heterocycles. The lowest BCUT2D eigenvalue weighted by molar-refractivity contribution is -0.118. The summed E-state index contributed by atoms with van der Waals surface area (Å²) in [5.41, 5.74) is 1.51. The Hall–Kier alpha value is -2.41. The zero-order chi connectivity index (χ0) is 19.2. The van der Waals surface area contributed by atoms with E-state index in [2.05, 4.69) is 5.32 Å². The molecule has 1 amide bonds. The van der Waals surface area contributed by atoms with E-state index in [-0.39, 0.29) is 17.5 Å². The summed E-state index contributed by atoms with van der Waals surface area (Å²) >= 11 is 0. The summed E-state index contributed by atoms with van der Waals surface area (Å²) in [5, 5.41) is 2.86. The van der Waals surface area contributed by atoms with Gasteiger partial charge in [-0.3, -0.25) is 9.10 Å². The molecule has 2 aromatic rings. The van der Waals surface area contributed by atoms with Crippen molar-refractivity contribution in [1.29, 1.82) is 0 Å². The van der Waals surface area contributed by atoms with Crippen LogP contribution < -0.4 is 9.62 Å². The second-order valence-corrected chi connectivity index (χ2v) is 9.27. The average molecular weight is 388 g/mol. The van der Waals surface area contributed by atoms with E-state index in [4.69, 9.17) is 0 Å². The van der Waals surface area contributed by atoms with Crippen molar-refractivity contribution in [2.24, 2.45) is 0 Å². The van der Waals surface area contributed by atoms with Crippen LogP contribution in [0.3, 0.4) is 0 Å². The van der Waals surface area contributed by atoms with Crippen molar-refractivity contribution in [3.8, 4) is 0 Å². The Morgan fingerprint density at radius 1 is 1.19 bits per heavy atom. The third-order valence-corrected chi connectivity index (χ3v) is 7.26. The second-order valence-electron chi connectivity index (χ2n) is 7.26. The number of anilines is 2. The van der Waals surface area contributed by atoms with Crippen molar-refractivity contribution in [2.45, 2.75) is 31.6 Å². The third kappa shape index (κ3) is 3.10. The molecule has 5 nitrogen and oxygen atoms in total. The van der Waals surface area contributed by atoms with Gasteiger partial charge in [0.15, 0.2) is 0 Å². The predicted octanol–water partition coefficient (Wildman–Crippen LogP) is 3.34. The first-order valence-corrected chi connectivity index (χ1v) is 10.6. The van der Waals surface area contributed by atoms with Crippen molar-refractivity contribution in [3.63, 3.8) is 0 Å². The number of amides is 1. The topological polar surface area (TPSA) is 66.5 Å². The number of sulfonamides is 1. The highest BCUT2D eigenvalue weighted by Crippen LogP contribution is 2.50. The first-order chi connectivity index (χ1) is 12.8. The van der Waals surface area contributed by atoms with Crippen molar-refractivity contribution < 1.29 is 17.6 Å². The molecule has 0 atom stereocenters. The molecule has 1 N–H and O–H groups in total. The first kappa shape index (κ1) is 18.0. The highest BCUT2D eigenvalue weighted by Gasteiger charge is 2.52. The number of halogens is 1. The lowest BCUT2D eigenvalue weighted by Gasteiger charge is -2.21. The van der Waals surface area contributed by atoms with E-state index in [1.807, 2.05) is 6.92 Å². The van der Waals surface area contributed by atoms with Gasteiger partial charge in [-0.25, -0.2) is 12.8 Å². The zero-order valence-electron chi connectivity index (χ0n) is 15.0. The molecule has 1 heterocycles. The summed E-state index contributed by atoms with van der Waals surface area (Å²) in [6.07, 6.45) is 1.78. The number of aryl methyl sites for hydroxylation is 1. The molecule has 2 aromatic carbocycles. The molecule has 0 spiro atoms. The normalized spacial score (nSPS) is 19.7. The number of carbonyl (C=O) groups is 1. The molecule has 0 radical (unpaired) electrons. The van der Waals surface area contributed by atoms with Gasteiger partial charge in [-0.15, -0.1) is 0 Å². The van der Waals surface area contributed by atoms with Gasteiger partial charge in [-0.05, 0) is 49.9 Å². The molecule has 0 unspecified atom stereocenters. The third-order valence-electron chi connectivity index (χ3n) is 5.41. The Kier molecular flexibility index (Phi) is 4.22. The average Bonchev–Trinajstić information content (AvgIpc) is 3.35. The fraction of sp³-hybridized carbons (Fsp3) is 0.350. The van der Waals surface area contributed by atoms with Gasteiger partial charge in [-0.2, -0.15) is 0 Å². The predicted molar refractivity (Wildman–Crippen MR) is 103 cm³/mol. The number of nitrogens with zero attached hydrogens (tertiary/aromatic N) is 1. The SMILES string of the molecule is Cc1ccc(NC(=O)C2(c3ccccc3F)CC2)cc1N1CCCS1(=O)=O. The Labute approximate surface area is 158 Å².